The standard InChI is InChI=1S/C21H22BrN3O3S/c1-13(2)15-4-7-17(8-5-15)27-11-20-24-25-21(28-20)29-12-19(26)23-18-9-6-16(22)10-14(18)3/h4-10,13H,11-12H2,1-3H3,(H,23,26). The molecule has 1 aromatic heterocycles. The zero-order chi connectivity index (χ0) is 20.8. The highest BCUT2D eigenvalue weighted by Gasteiger charge is 2.11. The predicted octanol–water partition coefficient (Wildman–Crippen LogP) is 5.57. The van der Waals surface area contributed by atoms with Crippen LogP contribution in [0, 0.1) is 6.92 Å². The van der Waals surface area contributed by atoms with Crippen molar-refractivity contribution < 1.29 is 13.9 Å². The Labute approximate surface area is 182 Å². The molecule has 29 heavy (non-hydrogen) atoms. The summed E-state index contributed by atoms with van der Waals surface area (Å²) < 4.78 is 12.2. The van der Waals surface area contributed by atoms with Gasteiger partial charge in [0.1, 0.15) is 5.75 Å². The average molecular weight is 476 g/mol. The molecule has 152 valence electrons. The highest BCUT2D eigenvalue weighted by molar-refractivity contribution is 9.10. The van der Waals surface area contributed by atoms with Gasteiger partial charge in [0.05, 0.1) is 5.75 Å². The summed E-state index contributed by atoms with van der Waals surface area (Å²) >= 11 is 4.60. The Kier molecular flexibility index (Phi) is 7.33. The molecule has 8 heteroatoms. The van der Waals surface area contributed by atoms with E-state index in [9.17, 15) is 4.79 Å². The first-order valence-electron chi connectivity index (χ1n) is 9.14. The summed E-state index contributed by atoms with van der Waals surface area (Å²) in [5.41, 5.74) is 3.02. The summed E-state index contributed by atoms with van der Waals surface area (Å²) in [5.74, 6) is 1.62. The molecule has 0 aliphatic carbocycles. The number of rotatable bonds is 8. The minimum absolute atomic E-state index is 0.137. The number of aromatic nitrogens is 2. The number of nitrogens with one attached hydrogen (secondary N) is 1. The van der Waals surface area contributed by atoms with E-state index >= 15 is 0 Å². The minimum Gasteiger partial charge on any atom is -0.484 e. The summed E-state index contributed by atoms with van der Waals surface area (Å²) in [4.78, 5) is 12.2. The van der Waals surface area contributed by atoms with Crippen LogP contribution in [0.3, 0.4) is 0 Å². The molecular formula is C21H22BrN3O3S. The predicted molar refractivity (Wildman–Crippen MR) is 117 cm³/mol. The van der Waals surface area contributed by atoms with Crippen LogP contribution >= 0.6 is 27.7 Å². The number of halogens is 1. The van der Waals surface area contributed by atoms with Gasteiger partial charge in [0.15, 0.2) is 6.61 Å². The lowest BCUT2D eigenvalue weighted by molar-refractivity contribution is -0.113. The fraction of sp³-hybridized carbons (Fsp3) is 0.286. The molecule has 0 atom stereocenters. The number of ether oxygens (including phenoxy) is 1. The van der Waals surface area contributed by atoms with E-state index in [1.54, 1.807) is 0 Å². The molecule has 1 N–H and O–H groups in total. The molecule has 3 aromatic rings. The van der Waals surface area contributed by atoms with Crippen LogP contribution in [0.4, 0.5) is 5.69 Å². The first-order chi connectivity index (χ1) is 13.9. The van der Waals surface area contributed by atoms with Crippen molar-refractivity contribution in [2.45, 2.75) is 38.5 Å². The fourth-order valence-electron chi connectivity index (χ4n) is 2.53. The Morgan fingerprint density at radius 3 is 2.66 bits per heavy atom. The Bertz CT molecular complexity index is 974. The van der Waals surface area contributed by atoms with E-state index in [4.69, 9.17) is 9.15 Å². The van der Waals surface area contributed by atoms with Gasteiger partial charge in [-0.05, 0) is 54.3 Å². The molecule has 0 fully saturated rings. The van der Waals surface area contributed by atoms with E-state index in [1.165, 1.54) is 17.3 Å². The fourth-order valence-corrected chi connectivity index (χ4v) is 3.59. The molecule has 0 radical (unpaired) electrons. The third-order valence-corrected chi connectivity index (χ3v) is 5.46. The molecule has 1 amide bonds. The second-order valence-electron chi connectivity index (χ2n) is 6.77. The number of benzene rings is 2. The Hall–Kier alpha value is -2.32. The van der Waals surface area contributed by atoms with E-state index in [0.29, 0.717) is 17.0 Å². The SMILES string of the molecule is Cc1cc(Br)ccc1NC(=O)CSc1nnc(COc2ccc(C(C)C)cc2)o1. The number of thioether (sulfide) groups is 1. The van der Waals surface area contributed by atoms with Crippen LogP contribution in [0.5, 0.6) is 5.75 Å². The quantitative estimate of drug-likeness (QED) is 0.428. The summed E-state index contributed by atoms with van der Waals surface area (Å²) in [6.45, 7) is 6.41. The van der Waals surface area contributed by atoms with Crippen LogP contribution in [0.15, 0.2) is 56.6 Å². The summed E-state index contributed by atoms with van der Waals surface area (Å²) in [5, 5.41) is 11.1. The molecule has 0 bridgehead atoms. The Morgan fingerprint density at radius 2 is 1.97 bits per heavy atom. The highest BCUT2D eigenvalue weighted by Crippen LogP contribution is 2.22. The van der Waals surface area contributed by atoms with Crippen molar-refractivity contribution in [3.63, 3.8) is 0 Å². The van der Waals surface area contributed by atoms with Crippen molar-refractivity contribution >= 4 is 39.3 Å². The molecule has 1 heterocycles. The van der Waals surface area contributed by atoms with E-state index < -0.39 is 0 Å². The number of amides is 1. The van der Waals surface area contributed by atoms with Crippen LogP contribution in [0.25, 0.3) is 0 Å². The zero-order valence-electron chi connectivity index (χ0n) is 16.4. The monoisotopic (exact) mass is 475 g/mol. The molecule has 0 saturated carbocycles. The van der Waals surface area contributed by atoms with Crippen molar-refractivity contribution in [2.75, 3.05) is 11.1 Å². The number of hydrogen-bond acceptors (Lipinski definition) is 6. The van der Waals surface area contributed by atoms with Crippen LogP contribution in [-0.4, -0.2) is 21.9 Å². The lowest BCUT2D eigenvalue weighted by atomic mass is 10.0. The maximum absolute atomic E-state index is 12.2. The van der Waals surface area contributed by atoms with Crippen molar-refractivity contribution in [1.29, 1.82) is 0 Å². The number of hydrogen-bond donors (Lipinski definition) is 1. The van der Waals surface area contributed by atoms with Gasteiger partial charge in [0.2, 0.25) is 5.91 Å². The van der Waals surface area contributed by atoms with Crippen LogP contribution in [0.1, 0.15) is 36.8 Å². The van der Waals surface area contributed by atoms with Gasteiger partial charge in [-0.1, -0.05) is 53.7 Å². The second-order valence-corrected chi connectivity index (χ2v) is 8.61. The lowest BCUT2D eigenvalue weighted by Crippen LogP contribution is -2.14. The van der Waals surface area contributed by atoms with Gasteiger partial charge in [0, 0.05) is 10.2 Å². The number of anilines is 1. The molecular weight excluding hydrogens is 454 g/mol. The first-order valence-corrected chi connectivity index (χ1v) is 10.9. The van der Waals surface area contributed by atoms with Gasteiger partial charge in [-0.3, -0.25) is 4.79 Å². The third-order valence-electron chi connectivity index (χ3n) is 4.15. The average Bonchev–Trinajstić information content (AvgIpc) is 3.15. The van der Waals surface area contributed by atoms with Crippen LogP contribution in [-0.2, 0) is 11.4 Å². The zero-order valence-corrected chi connectivity index (χ0v) is 18.8. The van der Waals surface area contributed by atoms with Gasteiger partial charge in [-0.2, -0.15) is 0 Å². The molecule has 0 aliphatic heterocycles. The molecule has 2 aromatic carbocycles. The van der Waals surface area contributed by atoms with E-state index in [1.807, 2.05) is 49.4 Å². The number of carbonyl (C=O) groups excluding carboxylic acids is 1. The Balaban J connectivity index is 1.46. The Morgan fingerprint density at radius 1 is 1.21 bits per heavy atom. The van der Waals surface area contributed by atoms with Crippen molar-refractivity contribution in [3.8, 4) is 5.75 Å². The molecule has 0 spiro atoms. The molecule has 0 saturated heterocycles. The molecule has 0 unspecified atom stereocenters. The normalized spacial score (nSPS) is 10.9. The number of nitrogens with zero attached hydrogens (tertiary/aromatic N) is 2. The van der Waals surface area contributed by atoms with Crippen molar-refractivity contribution in [3.05, 3.63) is 64.0 Å². The van der Waals surface area contributed by atoms with Crippen LogP contribution in [0.2, 0.25) is 0 Å². The number of carbonyl (C=O) groups is 1. The lowest BCUT2D eigenvalue weighted by Gasteiger charge is -2.08. The van der Waals surface area contributed by atoms with Gasteiger partial charge in [-0.15, -0.1) is 10.2 Å². The maximum atomic E-state index is 12.2. The smallest absolute Gasteiger partial charge is 0.277 e. The highest BCUT2D eigenvalue weighted by atomic mass is 79.9. The van der Waals surface area contributed by atoms with Crippen LogP contribution < -0.4 is 10.1 Å². The molecule has 6 nitrogen and oxygen atoms in total. The second kappa shape index (κ2) is 9.93. The topological polar surface area (TPSA) is 77.2 Å². The number of aryl methyl sites for hydroxylation is 1. The largest absolute Gasteiger partial charge is 0.484 e. The third kappa shape index (κ3) is 6.33. The van der Waals surface area contributed by atoms with Gasteiger partial charge in [-0.25, -0.2) is 0 Å². The van der Waals surface area contributed by atoms with Crippen molar-refractivity contribution in [1.82, 2.24) is 10.2 Å². The first kappa shape index (κ1) is 21.4. The summed E-state index contributed by atoms with van der Waals surface area (Å²) in [6.07, 6.45) is 0. The summed E-state index contributed by atoms with van der Waals surface area (Å²) in [6, 6.07) is 13.6. The van der Waals surface area contributed by atoms with Gasteiger partial charge < -0.3 is 14.5 Å². The molecule has 0 aliphatic rings. The summed E-state index contributed by atoms with van der Waals surface area (Å²) in [7, 11) is 0. The van der Waals surface area contributed by atoms with Crippen molar-refractivity contribution in [2.24, 2.45) is 0 Å². The minimum atomic E-state index is -0.137. The van der Waals surface area contributed by atoms with E-state index in [-0.39, 0.29) is 18.3 Å². The maximum Gasteiger partial charge on any atom is 0.277 e. The molecule has 3 rings (SSSR count). The van der Waals surface area contributed by atoms with Gasteiger partial charge in [0.25, 0.3) is 11.1 Å². The van der Waals surface area contributed by atoms with E-state index in [2.05, 4.69) is 45.3 Å². The van der Waals surface area contributed by atoms with Gasteiger partial charge >= 0.3 is 0 Å². The van der Waals surface area contributed by atoms with E-state index in [0.717, 1.165) is 21.5 Å².